The molecule has 0 saturated carbocycles. The van der Waals surface area contributed by atoms with E-state index < -0.39 is 11.7 Å². The lowest BCUT2D eigenvalue weighted by atomic mass is 9.93. The van der Waals surface area contributed by atoms with Crippen LogP contribution in [0.5, 0.6) is 0 Å². The molecule has 0 fully saturated rings. The molecule has 1 aliphatic heterocycles. The number of fused-ring (bicyclic) bond motifs is 1. The van der Waals surface area contributed by atoms with Crippen molar-refractivity contribution in [1.29, 1.82) is 0 Å². The van der Waals surface area contributed by atoms with E-state index in [0.717, 1.165) is 24.0 Å². The van der Waals surface area contributed by atoms with Gasteiger partial charge in [-0.25, -0.2) is 4.39 Å². The molecular formula is C26H25Cl2FN2O2S. The normalized spacial score (nSPS) is 15.2. The van der Waals surface area contributed by atoms with Crippen molar-refractivity contribution in [3.05, 3.63) is 91.3 Å². The minimum Gasteiger partial charge on any atom is -0.330 e. The topological polar surface area (TPSA) is 40.6 Å². The van der Waals surface area contributed by atoms with Gasteiger partial charge in [0.2, 0.25) is 5.91 Å². The van der Waals surface area contributed by atoms with Crippen LogP contribution < -0.4 is 0 Å². The summed E-state index contributed by atoms with van der Waals surface area (Å²) in [5.74, 6) is -1.27. The van der Waals surface area contributed by atoms with Gasteiger partial charge in [0.1, 0.15) is 12.4 Å². The smallest absolute Gasteiger partial charge is 0.257 e. The van der Waals surface area contributed by atoms with Crippen LogP contribution in [0.2, 0.25) is 10.0 Å². The zero-order valence-electron chi connectivity index (χ0n) is 18.8. The Morgan fingerprint density at radius 1 is 1.15 bits per heavy atom. The molecule has 2 heterocycles. The molecule has 4 nitrogen and oxygen atoms in total. The largest absolute Gasteiger partial charge is 0.330 e. The number of rotatable bonds is 7. The Kier molecular flexibility index (Phi) is 7.91. The van der Waals surface area contributed by atoms with Gasteiger partial charge in [-0.2, -0.15) is 0 Å². The Morgan fingerprint density at radius 2 is 1.94 bits per heavy atom. The van der Waals surface area contributed by atoms with E-state index >= 15 is 0 Å². The quantitative estimate of drug-likeness (QED) is 0.353. The number of nitrogens with zero attached hydrogens (tertiary/aromatic N) is 2. The van der Waals surface area contributed by atoms with Crippen LogP contribution in [0, 0.1) is 5.82 Å². The fourth-order valence-corrected chi connectivity index (χ4v) is 5.72. The third-order valence-electron chi connectivity index (χ3n) is 6.04. The molecule has 3 aromatic rings. The predicted octanol–water partition coefficient (Wildman–Crippen LogP) is 6.61. The average Bonchev–Trinajstić information content (AvgIpc) is 3.30. The molecule has 1 unspecified atom stereocenters. The van der Waals surface area contributed by atoms with Gasteiger partial charge in [0.05, 0.1) is 11.6 Å². The molecule has 0 radical (unpaired) electrons. The maximum atomic E-state index is 14.3. The lowest BCUT2D eigenvalue weighted by Gasteiger charge is -2.38. The molecule has 0 N–H and O–H groups in total. The number of hydrogen-bond donors (Lipinski definition) is 0. The van der Waals surface area contributed by atoms with Gasteiger partial charge >= 0.3 is 0 Å². The fourth-order valence-electron chi connectivity index (χ4n) is 4.30. The summed E-state index contributed by atoms with van der Waals surface area (Å²) in [6.45, 7) is 2.76. The van der Waals surface area contributed by atoms with Gasteiger partial charge < -0.3 is 9.80 Å². The minimum atomic E-state index is -0.590. The monoisotopic (exact) mass is 518 g/mol. The number of benzene rings is 2. The molecule has 4 rings (SSSR count). The molecular weight excluding hydrogens is 494 g/mol. The van der Waals surface area contributed by atoms with Gasteiger partial charge in [-0.15, -0.1) is 11.3 Å². The average molecular weight is 519 g/mol. The van der Waals surface area contributed by atoms with Crippen molar-refractivity contribution in [1.82, 2.24) is 9.80 Å². The summed E-state index contributed by atoms with van der Waals surface area (Å²) >= 11 is 14.3. The van der Waals surface area contributed by atoms with Crippen molar-refractivity contribution in [3.8, 4) is 0 Å². The Hall–Kier alpha value is -2.41. The van der Waals surface area contributed by atoms with Crippen molar-refractivity contribution in [2.24, 2.45) is 0 Å². The van der Waals surface area contributed by atoms with E-state index in [0.29, 0.717) is 29.6 Å². The number of hydrogen-bond acceptors (Lipinski definition) is 3. The van der Waals surface area contributed by atoms with Crippen molar-refractivity contribution in [2.45, 2.75) is 32.2 Å². The SMILES string of the molecule is CCCCN(CC(=O)N1CCc2sccc2C1c1ccc(Cl)cc1Cl)C(=O)c1ccccc1F. The lowest BCUT2D eigenvalue weighted by molar-refractivity contribution is -0.134. The van der Waals surface area contributed by atoms with Crippen LogP contribution in [-0.4, -0.2) is 41.2 Å². The van der Waals surface area contributed by atoms with Crippen LogP contribution in [0.15, 0.2) is 53.9 Å². The molecule has 178 valence electrons. The van der Waals surface area contributed by atoms with Crippen LogP contribution in [0.3, 0.4) is 0 Å². The van der Waals surface area contributed by atoms with Crippen molar-refractivity contribution >= 4 is 46.4 Å². The number of unbranched alkanes of at least 4 members (excludes halogenated alkanes) is 1. The van der Waals surface area contributed by atoms with Crippen LogP contribution >= 0.6 is 34.5 Å². The summed E-state index contributed by atoms with van der Waals surface area (Å²) in [5, 5.41) is 3.03. The van der Waals surface area contributed by atoms with E-state index in [1.807, 2.05) is 24.4 Å². The van der Waals surface area contributed by atoms with Crippen molar-refractivity contribution in [3.63, 3.8) is 0 Å². The van der Waals surface area contributed by atoms with Gasteiger partial charge in [0.25, 0.3) is 5.91 Å². The number of amides is 2. The van der Waals surface area contributed by atoms with Crippen LogP contribution in [0.25, 0.3) is 0 Å². The molecule has 34 heavy (non-hydrogen) atoms. The molecule has 2 aromatic carbocycles. The standard InChI is InChI=1S/C26H25Cl2FN2O2S/c1-2-3-12-30(26(33)19-6-4-5-7-22(19)29)16-24(32)31-13-10-23-20(11-14-34-23)25(31)18-9-8-17(27)15-21(18)28/h4-9,11,14-15,25H,2-3,10,12-13,16H2,1H3. The molecule has 0 spiro atoms. The highest BCUT2D eigenvalue weighted by molar-refractivity contribution is 7.10. The molecule has 1 aromatic heterocycles. The highest BCUT2D eigenvalue weighted by atomic mass is 35.5. The molecule has 8 heteroatoms. The van der Waals surface area contributed by atoms with Crippen molar-refractivity contribution in [2.75, 3.05) is 19.6 Å². The Labute approximate surface area is 212 Å². The summed E-state index contributed by atoms with van der Waals surface area (Å²) in [6.07, 6.45) is 2.30. The first-order valence-corrected chi connectivity index (χ1v) is 12.9. The van der Waals surface area contributed by atoms with Gasteiger partial charge in [0, 0.05) is 28.0 Å². The first kappa shape index (κ1) is 24.7. The molecule has 1 aliphatic rings. The second-order valence-corrected chi connectivity index (χ2v) is 10.1. The molecule has 0 saturated heterocycles. The summed E-state index contributed by atoms with van der Waals surface area (Å²) < 4.78 is 14.3. The van der Waals surface area contributed by atoms with Gasteiger partial charge in [-0.1, -0.05) is 54.7 Å². The third-order valence-corrected chi connectivity index (χ3v) is 7.60. The minimum absolute atomic E-state index is 0.0255. The summed E-state index contributed by atoms with van der Waals surface area (Å²) in [7, 11) is 0. The molecule has 0 aliphatic carbocycles. The number of halogens is 3. The summed E-state index contributed by atoms with van der Waals surface area (Å²) in [4.78, 5) is 31.3. The Balaban J connectivity index is 1.65. The second-order valence-electron chi connectivity index (χ2n) is 8.26. The highest BCUT2D eigenvalue weighted by Gasteiger charge is 2.35. The highest BCUT2D eigenvalue weighted by Crippen LogP contribution is 2.41. The number of carbonyl (C=O) groups excluding carboxylic acids is 2. The van der Waals surface area contributed by atoms with E-state index in [9.17, 15) is 14.0 Å². The van der Waals surface area contributed by atoms with Crippen LogP contribution in [0.1, 0.15) is 52.2 Å². The first-order chi connectivity index (χ1) is 16.4. The fraction of sp³-hybridized carbons (Fsp3) is 0.308. The zero-order chi connectivity index (χ0) is 24.2. The van der Waals surface area contributed by atoms with Crippen LogP contribution in [-0.2, 0) is 11.2 Å². The van der Waals surface area contributed by atoms with E-state index in [-0.39, 0.29) is 24.1 Å². The van der Waals surface area contributed by atoms with Gasteiger partial charge in [0.15, 0.2) is 0 Å². The van der Waals surface area contributed by atoms with Gasteiger partial charge in [-0.05, 0) is 59.7 Å². The van der Waals surface area contributed by atoms with Crippen molar-refractivity contribution < 1.29 is 14.0 Å². The summed E-state index contributed by atoms with van der Waals surface area (Å²) in [6, 6.07) is 12.8. The first-order valence-electron chi connectivity index (χ1n) is 11.2. The summed E-state index contributed by atoms with van der Waals surface area (Å²) in [5.41, 5.74) is 1.80. The predicted molar refractivity (Wildman–Crippen MR) is 135 cm³/mol. The molecule has 2 amide bonds. The van der Waals surface area contributed by atoms with E-state index in [1.54, 1.807) is 40.5 Å². The molecule has 0 bridgehead atoms. The third kappa shape index (κ3) is 5.14. The van der Waals surface area contributed by atoms with E-state index in [2.05, 4.69) is 0 Å². The molecule has 1 atom stereocenters. The lowest BCUT2D eigenvalue weighted by Crippen LogP contribution is -2.47. The zero-order valence-corrected chi connectivity index (χ0v) is 21.1. The Bertz CT molecular complexity index is 1200. The number of thiophene rings is 1. The maximum absolute atomic E-state index is 14.3. The van der Waals surface area contributed by atoms with Crippen LogP contribution in [0.4, 0.5) is 4.39 Å². The van der Waals surface area contributed by atoms with E-state index in [4.69, 9.17) is 23.2 Å². The second kappa shape index (κ2) is 10.9. The maximum Gasteiger partial charge on any atom is 0.257 e. The van der Waals surface area contributed by atoms with E-state index in [1.165, 1.54) is 21.9 Å². The Morgan fingerprint density at radius 3 is 2.68 bits per heavy atom. The van der Waals surface area contributed by atoms with Gasteiger partial charge in [-0.3, -0.25) is 9.59 Å². The number of carbonyl (C=O) groups is 2.